The number of hydrogen-bond acceptors (Lipinski definition) is 5. The van der Waals surface area contributed by atoms with Crippen molar-refractivity contribution in [3.8, 4) is 11.5 Å². The SMILES string of the molecule is NC(=NCC1CN2CCN1CC2)Nc1ccc2c(c1)OCCCO2. The van der Waals surface area contributed by atoms with E-state index in [0.717, 1.165) is 49.8 Å². The second-order valence-corrected chi connectivity index (χ2v) is 6.55. The van der Waals surface area contributed by atoms with E-state index in [0.29, 0.717) is 25.2 Å². The lowest BCUT2D eigenvalue weighted by atomic mass is 10.1. The van der Waals surface area contributed by atoms with Crippen LogP contribution < -0.4 is 20.5 Å². The van der Waals surface area contributed by atoms with Crippen LogP contribution in [0.4, 0.5) is 5.69 Å². The summed E-state index contributed by atoms with van der Waals surface area (Å²) >= 11 is 0. The highest BCUT2D eigenvalue weighted by molar-refractivity contribution is 5.92. The van der Waals surface area contributed by atoms with Crippen LogP contribution in [-0.4, -0.2) is 74.3 Å². The lowest BCUT2D eigenvalue weighted by molar-refractivity contribution is 0.0174. The van der Waals surface area contributed by atoms with E-state index in [2.05, 4.69) is 20.1 Å². The number of anilines is 1. The van der Waals surface area contributed by atoms with Crippen LogP contribution in [0.25, 0.3) is 0 Å². The zero-order chi connectivity index (χ0) is 16.4. The molecule has 5 rings (SSSR count). The minimum Gasteiger partial charge on any atom is -0.490 e. The molecular weight excluding hydrogens is 306 g/mol. The lowest BCUT2D eigenvalue weighted by Crippen LogP contribution is -2.61. The second-order valence-electron chi connectivity index (χ2n) is 6.55. The van der Waals surface area contributed by atoms with Gasteiger partial charge in [0.2, 0.25) is 0 Å². The topological polar surface area (TPSA) is 75.4 Å². The van der Waals surface area contributed by atoms with Gasteiger partial charge in [-0.3, -0.25) is 14.8 Å². The van der Waals surface area contributed by atoms with Gasteiger partial charge < -0.3 is 20.5 Å². The number of fused-ring (bicyclic) bond motifs is 4. The maximum atomic E-state index is 6.06. The number of nitrogens with zero attached hydrogens (tertiary/aromatic N) is 3. The third-order valence-electron chi connectivity index (χ3n) is 4.88. The van der Waals surface area contributed by atoms with Gasteiger partial charge >= 0.3 is 0 Å². The molecule has 4 heterocycles. The quantitative estimate of drug-likeness (QED) is 0.623. The summed E-state index contributed by atoms with van der Waals surface area (Å²) in [6.45, 7) is 7.87. The van der Waals surface area contributed by atoms with Crippen molar-refractivity contribution in [2.24, 2.45) is 10.7 Å². The van der Waals surface area contributed by atoms with Crippen LogP contribution in [0.5, 0.6) is 11.5 Å². The van der Waals surface area contributed by atoms with Gasteiger partial charge in [0.05, 0.1) is 19.8 Å². The van der Waals surface area contributed by atoms with Crippen LogP contribution in [-0.2, 0) is 0 Å². The molecule has 0 aliphatic carbocycles. The fourth-order valence-electron chi connectivity index (χ4n) is 3.53. The van der Waals surface area contributed by atoms with E-state index in [9.17, 15) is 0 Å². The van der Waals surface area contributed by atoms with Crippen molar-refractivity contribution in [3.05, 3.63) is 18.2 Å². The predicted molar refractivity (Wildman–Crippen MR) is 94.0 cm³/mol. The Labute approximate surface area is 142 Å². The van der Waals surface area contributed by atoms with Crippen LogP contribution in [0.2, 0.25) is 0 Å². The monoisotopic (exact) mass is 331 g/mol. The molecule has 130 valence electrons. The van der Waals surface area contributed by atoms with Crippen LogP contribution in [0.15, 0.2) is 23.2 Å². The van der Waals surface area contributed by atoms with Gasteiger partial charge in [0.15, 0.2) is 17.5 Å². The van der Waals surface area contributed by atoms with Crippen molar-refractivity contribution in [1.82, 2.24) is 9.80 Å². The van der Waals surface area contributed by atoms with Gasteiger partial charge in [-0.25, -0.2) is 0 Å². The Kier molecular flexibility index (Phi) is 4.44. The number of rotatable bonds is 3. The van der Waals surface area contributed by atoms with E-state index in [1.165, 1.54) is 13.1 Å². The van der Waals surface area contributed by atoms with E-state index in [-0.39, 0.29) is 0 Å². The first-order valence-corrected chi connectivity index (χ1v) is 8.71. The van der Waals surface area contributed by atoms with Crippen molar-refractivity contribution < 1.29 is 9.47 Å². The average Bonchev–Trinajstić information content (AvgIpc) is 2.86. The second kappa shape index (κ2) is 6.86. The summed E-state index contributed by atoms with van der Waals surface area (Å²) < 4.78 is 11.3. The number of aliphatic imine (C=N–C) groups is 1. The zero-order valence-electron chi connectivity index (χ0n) is 13.9. The molecule has 1 atom stereocenters. The van der Waals surface area contributed by atoms with E-state index in [4.69, 9.17) is 15.2 Å². The molecule has 1 aromatic rings. The normalized spacial score (nSPS) is 29.2. The summed E-state index contributed by atoms with van der Waals surface area (Å²) in [6.07, 6.45) is 0.899. The van der Waals surface area contributed by atoms with E-state index < -0.39 is 0 Å². The minimum atomic E-state index is 0.446. The first-order chi connectivity index (χ1) is 11.8. The predicted octanol–water partition coefficient (Wildman–Crippen LogP) is 0.574. The molecule has 0 aromatic heterocycles. The summed E-state index contributed by atoms with van der Waals surface area (Å²) in [5, 5.41) is 3.16. The van der Waals surface area contributed by atoms with Crippen LogP contribution >= 0.6 is 0 Å². The highest BCUT2D eigenvalue weighted by Gasteiger charge is 2.31. The molecule has 0 saturated carbocycles. The Bertz CT molecular complexity index is 613. The van der Waals surface area contributed by atoms with Crippen molar-refractivity contribution in [2.45, 2.75) is 12.5 Å². The largest absolute Gasteiger partial charge is 0.490 e. The van der Waals surface area contributed by atoms with Crippen LogP contribution in [0, 0.1) is 0 Å². The van der Waals surface area contributed by atoms with Gasteiger partial charge in [0.1, 0.15) is 0 Å². The Hall–Kier alpha value is -1.99. The van der Waals surface area contributed by atoms with Gasteiger partial charge in [-0.2, -0.15) is 0 Å². The summed E-state index contributed by atoms with van der Waals surface area (Å²) in [7, 11) is 0. The Morgan fingerprint density at radius 1 is 1.17 bits per heavy atom. The summed E-state index contributed by atoms with van der Waals surface area (Å²) in [6, 6.07) is 6.25. The van der Waals surface area contributed by atoms with Crippen molar-refractivity contribution in [2.75, 3.05) is 57.8 Å². The van der Waals surface area contributed by atoms with Gasteiger partial charge in [-0.05, 0) is 12.1 Å². The smallest absolute Gasteiger partial charge is 0.193 e. The molecule has 3 N–H and O–H groups in total. The molecule has 1 unspecified atom stereocenters. The summed E-state index contributed by atoms with van der Waals surface area (Å²) in [5.74, 6) is 1.99. The van der Waals surface area contributed by atoms with Gasteiger partial charge in [-0.1, -0.05) is 0 Å². The van der Waals surface area contributed by atoms with Gasteiger partial charge in [-0.15, -0.1) is 0 Å². The molecule has 1 aromatic carbocycles. The minimum absolute atomic E-state index is 0.446. The fraction of sp³-hybridized carbons (Fsp3) is 0.588. The Morgan fingerprint density at radius 3 is 2.71 bits per heavy atom. The number of hydrogen-bond donors (Lipinski definition) is 2. The molecule has 24 heavy (non-hydrogen) atoms. The molecular formula is C17H25N5O2. The first kappa shape index (κ1) is 15.5. The van der Waals surface area contributed by atoms with Crippen molar-refractivity contribution >= 4 is 11.6 Å². The number of piperazine rings is 3. The van der Waals surface area contributed by atoms with E-state index in [1.54, 1.807) is 0 Å². The molecule has 7 heteroatoms. The first-order valence-electron chi connectivity index (χ1n) is 8.71. The average molecular weight is 331 g/mol. The van der Waals surface area contributed by atoms with Crippen LogP contribution in [0.3, 0.4) is 0 Å². The van der Waals surface area contributed by atoms with Gasteiger partial charge in [0, 0.05) is 56.9 Å². The third kappa shape index (κ3) is 3.42. The summed E-state index contributed by atoms with van der Waals surface area (Å²) in [5.41, 5.74) is 6.93. The Morgan fingerprint density at radius 2 is 1.96 bits per heavy atom. The number of ether oxygens (including phenoxy) is 2. The number of benzene rings is 1. The maximum Gasteiger partial charge on any atom is 0.193 e. The molecule has 0 spiro atoms. The lowest BCUT2D eigenvalue weighted by Gasteiger charge is -2.47. The molecule has 0 radical (unpaired) electrons. The standard InChI is InChI=1S/C17H25N5O2/c18-17(19-11-14-12-21-4-6-22(14)7-5-21)20-13-2-3-15-16(10-13)24-9-1-8-23-15/h2-3,10,14H,1,4-9,11-12H2,(H3,18,19,20). The molecule has 0 amide bonds. The molecule has 4 aliphatic rings. The van der Waals surface area contributed by atoms with Crippen molar-refractivity contribution in [1.29, 1.82) is 0 Å². The van der Waals surface area contributed by atoms with Crippen molar-refractivity contribution in [3.63, 3.8) is 0 Å². The molecule has 4 aliphatic heterocycles. The number of guanidine groups is 1. The maximum absolute atomic E-state index is 6.06. The molecule has 3 fully saturated rings. The third-order valence-corrected chi connectivity index (χ3v) is 4.88. The molecule has 2 bridgehead atoms. The number of nitrogens with one attached hydrogen (secondary N) is 1. The highest BCUT2D eigenvalue weighted by atomic mass is 16.5. The van der Waals surface area contributed by atoms with Gasteiger partial charge in [0.25, 0.3) is 0 Å². The molecule has 7 nitrogen and oxygen atoms in total. The number of nitrogens with two attached hydrogens (primary N) is 1. The zero-order valence-corrected chi connectivity index (χ0v) is 13.9. The van der Waals surface area contributed by atoms with Crippen LogP contribution in [0.1, 0.15) is 6.42 Å². The fourth-order valence-corrected chi connectivity index (χ4v) is 3.53. The highest BCUT2D eigenvalue weighted by Crippen LogP contribution is 2.32. The molecule has 3 saturated heterocycles. The Balaban J connectivity index is 1.37. The van der Waals surface area contributed by atoms with E-state index >= 15 is 0 Å². The summed E-state index contributed by atoms with van der Waals surface area (Å²) in [4.78, 5) is 9.56. The van der Waals surface area contributed by atoms with E-state index in [1.807, 2.05) is 18.2 Å².